The fourth-order valence-electron chi connectivity index (χ4n) is 2.30. The maximum absolute atomic E-state index is 12.8. The molecule has 0 N–H and O–H groups in total. The summed E-state index contributed by atoms with van der Waals surface area (Å²) in [6, 6.07) is 5.34. The summed E-state index contributed by atoms with van der Waals surface area (Å²) >= 11 is 5.80. The molecule has 0 spiro atoms. The molecule has 0 amide bonds. The van der Waals surface area contributed by atoms with E-state index in [2.05, 4.69) is 0 Å². The molecule has 112 valence electrons. The van der Waals surface area contributed by atoms with Crippen LogP contribution in [-0.4, -0.2) is 38.5 Å². The monoisotopic (exact) mass is 317 g/mol. The molecule has 1 unspecified atom stereocenters. The van der Waals surface area contributed by atoms with E-state index in [-0.39, 0.29) is 6.10 Å². The molecule has 1 aliphatic heterocycles. The van der Waals surface area contributed by atoms with Crippen LogP contribution in [0.1, 0.15) is 24.5 Å². The van der Waals surface area contributed by atoms with Gasteiger partial charge in [0, 0.05) is 19.0 Å². The van der Waals surface area contributed by atoms with Gasteiger partial charge >= 0.3 is 0 Å². The molecule has 1 aliphatic rings. The molecule has 1 saturated heterocycles. The maximum atomic E-state index is 12.8. The minimum atomic E-state index is -3.47. The number of benzene rings is 1. The van der Waals surface area contributed by atoms with Crippen molar-refractivity contribution in [3.63, 3.8) is 0 Å². The van der Waals surface area contributed by atoms with Crippen LogP contribution in [0.25, 0.3) is 0 Å². The standard InChI is InChI=1S/C14H20ClNO3S/c1-3-13-10-16(6-7-19-13)20(17,18)14-8-12(9-15)5-4-11(14)2/h4-5,8,13H,3,6-7,9-10H2,1-2H3. The van der Waals surface area contributed by atoms with Crippen LogP contribution < -0.4 is 0 Å². The van der Waals surface area contributed by atoms with Crippen molar-refractivity contribution in [1.82, 2.24) is 4.31 Å². The molecule has 20 heavy (non-hydrogen) atoms. The number of morpholine rings is 1. The zero-order chi connectivity index (χ0) is 14.8. The van der Waals surface area contributed by atoms with Crippen molar-refractivity contribution in [1.29, 1.82) is 0 Å². The summed E-state index contributed by atoms with van der Waals surface area (Å²) in [5.74, 6) is 0.309. The molecule has 0 aromatic heterocycles. The summed E-state index contributed by atoms with van der Waals surface area (Å²) in [6.07, 6.45) is 0.794. The second kappa shape index (κ2) is 6.43. The molecule has 0 aliphatic carbocycles. The molecule has 0 bridgehead atoms. The maximum Gasteiger partial charge on any atom is 0.243 e. The normalized spacial score (nSPS) is 21.1. The third kappa shape index (κ3) is 3.17. The van der Waals surface area contributed by atoms with Gasteiger partial charge in [-0.15, -0.1) is 11.6 Å². The van der Waals surface area contributed by atoms with Gasteiger partial charge in [-0.1, -0.05) is 19.1 Å². The van der Waals surface area contributed by atoms with E-state index in [1.807, 2.05) is 26.0 Å². The largest absolute Gasteiger partial charge is 0.375 e. The Bertz CT molecular complexity index is 574. The first kappa shape index (κ1) is 15.8. The molecule has 0 radical (unpaired) electrons. The number of rotatable bonds is 4. The van der Waals surface area contributed by atoms with Crippen molar-refractivity contribution in [2.45, 2.75) is 37.1 Å². The first-order valence-electron chi connectivity index (χ1n) is 6.76. The van der Waals surface area contributed by atoms with Gasteiger partial charge in [-0.25, -0.2) is 8.42 Å². The second-order valence-corrected chi connectivity index (χ2v) is 7.17. The molecule has 1 atom stereocenters. The molecule has 1 heterocycles. The van der Waals surface area contributed by atoms with Crippen molar-refractivity contribution < 1.29 is 13.2 Å². The van der Waals surface area contributed by atoms with Gasteiger partial charge in [0.05, 0.1) is 17.6 Å². The summed E-state index contributed by atoms with van der Waals surface area (Å²) in [7, 11) is -3.47. The van der Waals surface area contributed by atoms with Gasteiger partial charge in [0.2, 0.25) is 10.0 Å². The fourth-order valence-corrected chi connectivity index (χ4v) is 4.20. The summed E-state index contributed by atoms with van der Waals surface area (Å²) in [5.41, 5.74) is 1.56. The van der Waals surface area contributed by atoms with Gasteiger partial charge in [0.1, 0.15) is 0 Å². The summed E-state index contributed by atoms with van der Waals surface area (Å²) in [4.78, 5) is 0.354. The molecule has 2 rings (SSSR count). The highest BCUT2D eigenvalue weighted by atomic mass is 35.5. The lowest BCUT2D eigenvalue weighted by molar-refractivity contribution is -0.00278. The van der Waals surface area contributed by atoms with Crippen molar-refractivity contribution in [2.75, 3.05) is 19.7 Å². The zero-order valence-electron chi connectivity index (χ0n) is 11.8. The van der Waals surface area contributed by atoms with Crippen LogP contribution in [0.5, 0.6) is 0 Å². The number of ether oxygens (including phenoxy) is 1. The molecular formula is C14H20ClNO3S. The van der Waals surface area contributed by atoms with E-state index in [9.17, 15) is 8.42 Å². The lowest BCUT2D eigenvalue weighted by Crippen LogP contribution is -2.45. The SMILES string of the molecule is CCC1CN(S(=O)(=O)c2cc(CCl)ccc2C)CCO1. The Kier molecular flexibility index (Phi) is 5.07. The smallest absolute Gasteiger partial charge is 0.243 e. The second-order valence-electron chi connectivity index (χ2n) is 5.00. The number of hydrogen-bond acceptors (Lipinski definition) is 3. The minimum Gasteiger partial charge on any atom is -0.375 e. The molecule has 0 saturated carbocycles. The molecule has 6 heteroatoms. The van der Waals surface area contributed by atoms with E-state index in [4.69, 9.17) is 16.3 Å². The molecular weight excluding hydrogens is 298 g/mol. The molecule has 4 nitrogen and oxygen atoms in total. The lowest BCUT2D eigenvalue weighted by atomic mass is 10.2. The third-order valence-corrected chi connectivity index (χ3v) is 5.90. The Morgan fingerprint density at radius 1 is 1.45 bits per heavy atom. The van der Waals surface area contributed by atoms with Crippen LogP contribution in [-0.2, 0) is 20.6 Å². The number of aryl methyl sites for hydroxylation is 1. The predicted octanol–water partition coefficient (Wildman–Crippen LogP) is 2.53. The number of hydrogen-bond donors (Lipinski definition) is 0. The third-order valence-electron chi connectivity index (χ3n) is 3.58. The van der Waals surface area contributed by atoms with Crippen molar-refractivity contribution >= 4 is 21.6 Å². The fraction of sp³-hybridized carbons (Fsp3) is 0.571. The Hall–Kier alpha value is -0.620. The van der Waals surface area contributed by atoms with Crippen molar-refractivity contribution in [3.8, 4) is 0 Å². The Balaban J connectivity index is 2.34. The van der Waals surface area contributed by atoms with Gasteiger partial charge in [0.25, 0.3) is 0 Å². The first-order chi connectivity index (χ1) is 9.48. The van der Waals surface area contributed by atoms with Gasteiger partial charge in [-0.05, 0) is 30.5 Å². The number of alkyl halides is 1. The van der Waals surface area contributed by atoms with Gasteiger partial charge in [0.15, 0.2) is 0 Å². The summed E-state index contributed by atoms with van der Waals surface area (Å²) in [6.45, 7) is 5.08. The lowest BCUT2D eigenvalue weighted by Gasteiger charge is -2.32. The Morgan fingerprint density at radius 2 is 2.20 bits per heavy atom. The highest BCUT2D eigenvalue weighted by molar-refractivity contribution is 7.89. The zero-order valence-corrected chi connectivity index (χ0v) is 13.4. The van der Waals surface area contributed by atoms with Crippen LogP contribution in [0, 0.1) is 6.92 Å². The van der Waals surface area contributed by atoms with Gasteiger partial charge < -0.3 is 4.74 Å². The van der Waals surface area contributed by atoms with Crippen LogP contribution in [0.2, 0.25) is 0 Å². The van der Waals surface area contributed by atoms with E-state index in [0.717, 1.165) is 17.5 Å². The summed E-state index contributed by atoms with van der Waals surface area (Å²) < 4.78 is 32.6. The van der Waals surface area contributed by atoms with E-state index in [1.54, 1.807) is 6.07 Å². The van der Waals surface area contributed by atoms with E-state index >= 15 is 0 Å². The Morgan fingerprint density at radius 3 is 2.85 bits per heavy atom. The average molecular weight is 318 g/mol. The van der Waals surface area contributed by atoms with E-state index in [1.165, 1.54) is 4.31 Å². The molecule has 1 aromatic carbocycles. The Labute approximate surface area is 125 Å². The number of sulfonamides is 1. The van der Waals surface area contributed by atoms with Crippen LogP contribution in [0.4, 0.5) is 0 Å². The molecule has 1 fully saturated rings. The molecule has 1 aromatic rings. The quantitative estimate of drug-likeness (QED) is 0.802. The van der Waals surface area contributed by atoms with Crippen LogP contribution >= 0.6 is 11.6 Å². The number of halogens is 1. The van der Waals surface area contributed by atoms with E-state index < -0.39 is 10.0 Å². The highest BCUT2D eigenvalue weighted by Crippen LogP contribution is 2.24. The van der Waals surface area contributed by atoms with Crippen molar-refractivity contribution in [2.24, 2.45) is 0 Å². The first-order valence-corrected chi connectivity index (χ1v) is 8.73. The van der Waals surface area contributed by atoms with Crippen LogP contribution in [0.3, 0.4) is 0 Å². The van der Waals surface area contributed by atoms with Gasteiger partial charge in [-0.2, -0.15) is 4.31 Å². The van der Waals surface area contributed by atoms with Crippen molar-refractivity contribution in [3.05, 3.63) is 29.3 Å². The van der Waals surface area contributed by atoms with E-state index in [0.29, 0.717) is 30.5 Å². The number of nitrogens with zero attached hydrogens (tertiary/aromatic N) is 1. The topological polar surface area (TPSA) is 46.6 Å². The minimum absolute atomic E-state index is 0.0185. The van der Waals surface area contributed by atoms with Crippen LogP contribution in [0.15, 0.2) is 23.1 Å². The van der Waals surface area contributed by atoms with Gasteiger partial charge in [-0.3, -0.25) is 0 Å². The summed E-state index contributed by atoms with van der Waals surface area (Å²) in [5, 5.41) is 0. The predicted molar refractivity (Wildman–Crippen MR) is 79.5 cm³/mol. The highest BCUT2D eigenvalue weighted by Gasteiger charge is 2.31. The average Bonchev–Trinajstić information content (AvgIpc) is 2.47.